The van der Waals surface area contributed by atoms with Gasteiger partial charge in [-0.2, -0.15) is 4.98 Å². The summed E-state index contributed by atoms with van der Waals surface area (Å²) in [6.07, 6.45) is 3.11. The van der Waals surface area contributed by atoms with Crippen LogP contribution in [0.2, 0.25) is 0 Å². The van der Waals surface area contributed by atoms with E-state index >= 15 is 0 Å². The maximum atomic E-state index is 12.7. The van der Waals surface area contributed by atoms with Gasteiger partial charge in [-0.15, -0.1) is 16.4 Å². The summed E-state index contributed by atoms with van der Waals surface area (Å²) in [6.45, 7) is 2.08. The maximum absolute atomic E-state index is 12.7. The first kappa shape index (κ1) is 17.6. The number of benzene rings is 1. The molecular formula is C21H18N4OS2. The molecule has 4 aromatic rings. The summed E-state index contributed by atoms with van der Waals surface area (Å²) in [5, 5.41) is 7.25. The Balaban J connectivity index is 1.40. The van der Waals surface area contributed by atoms with Crippen molar-refractivity contribution in [1.29, 1.82) is 0 Å². The quantitative estimate of drug-likeness (QED) is 0.460. The lowest BCUT2D eigenvalue weighted by Gasteiger charge is -2.21. The minimum atomic E-state index is 0.137. The molecule has 28 heavy (non-hydrogen) atoms. The molecule has 1 aromatic carbocycles. The number of carbonyl (C=O) groups excluding carboxylic acids is 1. The van der Waals surface area contributed by atoms with Gasteiger partial charge in [0.15, 0.2) is 5.78 Å². The lowest BCUT2D eigenvalue weighted by Crippen LogP contribution is -2.20. The fourth-order valence-corrected chi connectivity index (χ4v) is 5.09. The number of fused-ring (bicyclic) bond motifs is 2. The Hall–Kier alpha value is -2.51. The summed E-state index contributed by atoms with van der Waals surface area (Å²) in [7, 11) is 0. The molecule has 0 bridgehead atoms. The Bertz CT molecular complexity index is 1150. The number of hydrogen-bond acceptors (Lipinski definition) is 6. The van der Waals surface area contributed by atoms with E-state index in [0.717, 1.165) is 17.9 Å². The van der Waals surface area contributed by atoms with Crippen LogP contribution in [0, 0.1) is 6.92 Å². The molecule has 0 amide bonds. The molecule has 140 valence electrons. The number of aromatic nitrogens is 4. The molecule has 0 N–H and O–H groups in total. The Labute approximate surface area is 170 Å². The van der Waals surface area contributed by atoms with Crippen LogP contribution in [0.4, 0.5) is 0 Å². The van der Waals surface area contributed by atoms with Crippen molar-refractivity contribution in [2.24, 2.45) is 0 Å². The van der Waals surface area contributed by atoms with Gasteiger partial charge in [-0.3, -0.25) is 4.79 Å². The second-order valence-corrected chi connectivity index (χ2v) is 8.98. The van der Waals surface area contributed by atoms with Crippen LogP contribution >= 0.6 is 23.1 Å². The van der Waals surface area contributed by atoms with Crippen LogP contribution in [-0.4, -0.2) is 25.4 Å². The van der Waals surface area contributed by atoms with E-state index in [9.17, 15) is 4.79 Å². The van der Waals surface area contributed by atoms with Gasteiger partial charge in [0.25, 0.3) is 5.78 Å². The number of ketones is 1. The standard InChI is InChI=1S/C21H18N4OS2/c1-13-4-6-14(7-5-13)12-28-21-23-20-22-17-9-15(19-3-2-8-27-19)10-18(26)16(17)11-25(20)24-21/h2-8,11,15H,9-10,12H2,1H3/t15-/m0/s1. The third kappa shape index (κ3) is 3.36. The van der Waals surface area contributed by atoms with Gasteiger partial charge in [0, 0.05) is 29.2 Å². The van der Waals surface area contributed by atoms with Crippen molar-refractivity contribution in [3.8, 4) is 0 Å². The van der Waals surface area contributed by atoms with Crippen molar-refractivity contribution in [3.63, 3.8) is 0 Å². The van der Waals surface area contributed by atoms with Crippen molar-refractivity contribution < 1.29 is 4.79 Å². The van der Waals surface area contributed by atoms with Gasteiger partial charge in [-0.25, -0.2) is 9.50 Å². The predicted octanol–water partition coefficient (Wildman–Crippen LogP) is 4.70. The van der Waals surface area contributed by atoms with Crippen molar-refractivity contribution in [3.05, 3.63) is 75.2 Å². The van der Waals surface area contributed by atoms with Crippen LogP contribution < -0.4 is 0 Å². The smallest absolute Gasteiger partial charge is 0.253 e. The van der Waals surface area contributed by atoms with Crippen LogP contribution in [0.15, 0.2) is 53.1 Å². The number of nitrogens with zero attached hydrogens (tertiary/aromatic N) is 4. The van der Waals surface area contributed by atoms with Crippen LogP contribution in [0.1, 0.15) is 44.4 Å². The third-order valence-corrected chi connectivity index (χ3v) is 6.94. The van der Waals surface area contributed by atoms with Gasteiger partial charge in [-0.05, 0) is 30.4 Å². The highest BCUT2D eigenvalue weighted by molar-refractivity contribution is 7.98. The number of hydrogen-bond donors (Lipinski definition) is 0. The van der Waals surface area contributed by atoms with E-state index in [-0.39, 0.29) is 11.7 Å². The molecule has 0 saturated carbocycles. The average Bonchev–Trinajstić information content (AvgIpc) is 3.35. The SMILES string of the molecule is Cc1ccc(CSc2nc3nc4c(cn3n2)C(=O)C[C@@H](c2cccs2)C4)cc1. The fourth-order valence-electron chi connectivity index (χ4n) is 3.48. The van der Waals surface area contributed by atoms with Crippen LogP contribution in [0.5, 0.6) is 0 Å². The van der Waals surface area contributed by atoms with E-state index in [1.165, 1.54) is 16.0 Å². The van der Waals surface area contributed by atoms with Gasteiger partial charge >= 0.3 is 0 Å². The normalized spacial score (nSPS) is 16.5. The molecule has 5 rings (SSSR count). The molecule has 3 aromatic heterocycles. The van der Waals surface area contributed by atoms with E-state index in [4.69, 9.17) is 0 Å². The molecule has 0 unspecified atom stereocenters. The van der Waals surface area contributed by atoms with Gasteiger partial charge < -0.3 is 0 Å². The molecule has 3 heterocycles. The third-order valence-electron chi connectivity index (χ3n) is 5.00. The second-order valence-electron chi connectivity index (χ2n) is 7.06. The Morgan fingerprint density at radius 3 is 2.82 bits per heavy atom. The zero-order valence-corrected chi connectivity index (χ0v) is 17.0. The number of rotatable bonds is 4. The van der Waals surface area contributed by atoms with E-state index < -0.39 is 0 Å². The predicted molar refractivity (Wildman–Crippen MR) is 111 cm³/mol. The topological polar surface area (TPSA) is 60.1 Å². The lowest BCUT2D eigenvalue weighted by atomic mass is 9.86. The highest BCUT2D eigenvalue weighted by Gasteiger charge is 2.29. The van der Waals surface area contributed by atoms with Crippen molar-refractivity contribution >= 4 is 34.7 Å². The minimum absolute atomic E-state index is 0.137. The molecule has 1 aliphatic carbocycles. The van der Waals surface area contributed by atoms with Gasteiger partial charge in [0.1, 0.15) is 0 Å². The van der Waals surface area contributed by atoms with Crippen LogP contribution in [0.3, 0.4) is 0 Å². The van der Waals surface area contributed by atoms with Gasteiger partial charge in [-0.1, -0.05) is 47.7 Å². The molecule has 0 saturated heterocycles. The Kier molecular flexibility index (Phi) is 4.49. The molecule has 7 heteroatoms. The Morgan fingerprint density at radius 2 is 2.04 bits per heavy atom. The molecule has 0 radical (unpaired) electrons. The van der Waals surface area contributed by atoms with Gasteiger partial charge in [0.2, 0.25) is 5.16 Å². The monoisotopic (exact) mass is 406 g/mol. The molecule has 0 fully saturated rings. The summed E-state index contributed by atoms with van der Waals surface area (Å²) in [6, 6.07) is 12.6. The highest BCUT2D eigenvalue weighted by atomic mass is 32.2. The number of thiophene rings is 1. The first-order valence-electron chi connectivity index (χ1n) is 9.17. The largest absolute Gasteiger partial charge is 0.294 e. The summed E-state index contributed by atoms with van der Waals surface area (Å²) in [5.74, 6) is 1.72. The zero-order chi connectivity index (χ0) is 19.1. The van der Waals surface area contributed by atoms with Crippen molar-refractivity contribution in [2.75, 3.05) is 0 Å². The van der Waals surface area contributed by atoms with Crippen molar-refractivity contribution in [1.82, 2.24) is 19.6 Å². The summed E-state index contributed by atoms with van der Waals surface area (Å²) >= 11 is 3.28. The average molecular weight is 407 g/mol. The number of carbonyl (C=O) groups is 1. The second kappa shape index (κ2) is 7.14. The summed E-state index contributed by atoms with van der Waals surface area (Å²) in [4.78, 5) is 23.2. The first-order chi connectivity index (χ1) is 13.7. The number of Topliss-reactive ketones (excluding diaryl/α,β-unsaturated/α-hetero) is 1. The zero-order valence-electron chi connectivity index (χ0n) is 15.3. The molecular weight excluding hydrogens is 388 g/mol. The van der Waals surface area contributed by atoms with E-state index in [1.807, 2.05) is 6.07 Å². The molecule has 1 atom stereocenters. The molecule has 0 aliphatic heterocycles. The van der Waals surface area contributed by atoms with Gasteiger partial charge in [0.05, 0.1) is 11.3 Å². The minimum Gasteiger partial charge on any atom is -0.294 e. The summed E-state index contributed by atoms with van der Waals surface area (Å²) < 4.78 is 1.64. The Morgan fingerprint density at radius 1 is 1.18 bits per heavy atom. The van der Waals surface area contributed by atoms with E-state index in [1.54, 1.807) is 33.8 Å². The molecule has 5 nitrogen and oxygen atoms in total. The number of aryl methyl sites for hydroxylation is 1. The summed E-state index contributed by atoms with van der Waals surface area (Å²) in [5.41, 5.74) is 4.00. The van der Waals surface area contributed by atoms with Crippen LogP contribution in [0.25, 0.3) is 5.78 Å². The van der Waals surface area contributed by atoms with E-state index in [0.29, 0.717) is 22.9 Å². The van der Waals surface area contributed by atoms with Crippen molar-refractivity contribution in [2.45, 2.75) is 36.6 Å². The lowest BCUT2D eigenvalue weighted by molar-refractivity contribution is 0.0963. The van der Waals surface area contributed by atoms with E-state index in [2.05, 4.69) is 57.7 Å². The number of thioether (sulfide) groups is 1. The maximum Gasteiger partial charge on any atom is 0.253 e. The van der Waals surface area contributed by atoms with Crippen LogP contribution in [-0.2, 0) is 12.2 Å². The highest BCUT2D eigenvalue weighted by Crippen LogP contribution is 2.34. The molecule has 1 aliphatic rings. The fraction of sp³-hybridized carbons (Fsp3) is 0.238. The molecule has 0 spiro atoms. The first-order valence-corrected chi connectivity index (χ1v) is 11.0.